The molecule has 5 heteroatoms. The van der Waals surface area contributed by atoms with Gasteiger partial charge in [-0.15, -0.1) is 0 Å². The molecule has 0 spiro atoms. The second-order valence-electron chi connectivity index (χ2n) is 4.41. The Bertz CT molecular complexity index is 379. The van der Waals surface area contributed by atoms with E-state index in [4.69, 9.17) is 5.73 Å². The third kappa shape index (κ3) is 2.66. The van der Waals surface area contributed by atoms with Gasteiger partial charge in [0.25, 0.3) is 0 Å². The number of aryl methyl sites for hydroxylation is 1. The summed E-state index contributed by atoms with van der Waals surface area (Å²) in [5, 5.41) is 3.24. The van der Waals surface area contributed by atoms with E-state index in [-0.39, 0.29) is 0 Å². The highest BCUT2D eigenvalue weighted by atomic mass is 15.2. The molecule has 0 bridgehead atoms. The van der Waals surface area contributed by atoms with Crippen LogP contribution in [0.5, 0.6) is 0 Å². The number of hydrogen-bond acceptors (Lipinski definition) is 5. The molecule has 1 atom stereocenters. The van der Waals surface area contributed by atoms with Crippen molar-refractivity contribution >= 4 is 11.6 Å². The van der Waals surface area contributed by atoms with E-state index in [1.54, 1.807) is 0 Å². The van der Waals surface area contributed by atoms with Crippen LogP contribution in [0.25, 0.3) is 0 Å². The number of hydrogen-bond donors (Lipinski definition) is 2. The monoisotopic (exact) mass is 235 g/mol. The van der Waals surface area contributed by atoms with Gasteiger partial charge in [0, 0.05) is 31.7 Å². The number of anilines is 2. The average molecular weight is 235 g/mol. The summed E-state index contributed by atoms with van der Waals surface area (Å²) in [4.78, 5) is 11.2. The van der Waals surface area contributed by atoms with E-state index in [1.807, 2.05) is 13.0 Å². The van der Waals surface area contributed by atoms with Gasteiger partial charge in [-0.2, -0.15) is 0 Å². The Morgan fingerprint density at radius 1 is 1.53 bits per heavy atom. The summed E-state index contributed by atoms with van der Waals surface area (Å²) in [6.07, 6.45) is 2.36. The van der Waals surface area contributed by atoms with Crippen molar-refractivity contribution < 1.29 is 0 Å². The van der Waals surface area contributed by atoms with Crippen LogP contribution >= 0.6 is 0 Å². The Morgan fingerprint density at radius 2 is 2.35 bits per heavy atom. The fourth-order valence-corrected chi connectivity index (χ4v) is 2.35. The molecule has 1 saturated heterocycles. The Hall–Kier alpha value is -1.36. The minimum absolute atomic E-state index is 0.429. The summed E-state index contributed by atoms with van der Waals surface area (Å²) in [5.41, 5.74) is 5.80. The molecular formula is C12H21N5. The SMILES string of the molecule is CCNc1cc(N2CCCC2CN)nc(C)n1. The molecule has 1 aliphatic rings. The molecule has 17 heavy (non-hydrogen) atoms. The molecule has 94 valence electrons. The maximum Gasteiger partial charge on any atom is 0.134 e. The quantitative estimate of drug-likeness (QED) is 0.819. The predicted octanol–water partition coefficient (Wildman–Crippen LogP) is 1.14. The Morgan fingerprint density at radius 3 is 3.06 bits per heavy atom. The van der Waals surface area contributed by atoms with Crippen molar-refractivity contribution in [2.24, 2.45) is 5.73 Å². The standard InChI is InChI=1S/C12H21N5/c1-3-14-11-7-12(16-9(2)15-11)17-6-4-5-10(17)8-13/h7,10H,3-6,8,13H2,1-2H3,(H,14,15,16). The highest BCUT2D eigenvalue weighted by Gasteiger charge is 2.24. The normalized spacial score (nSPS) is 19.7. The zero-order chi connectivity index (χ0) is 12.3. The van der Waals surface area contributed by atoms with Crippen LogP contribution in [0.4, 0.5) is 11.6 Å². The second-order valence-corrected chi connectivity index (χ2v) is 4.41. The molecule has 0 amide bonds. The van der Waals surface area contributed by atoms with E-state index in [1.165, 1.54) is 6.42 Å². The number of aromatic nitrogens is 2. The van der Waals surface area contributed by atoms with Crippen molar-refractivity contribution in [2.75, 3.05) is 29.9 Å². The van der Waals surface area contributed by atoms with E-state index in [2.05, 4.69) is 27.1 Å². The van der Waals surface area contributed by atoms with Crippen LogP contribution in [0, 0.1) is 6.92 Å². The molecule has 0 saturated carbocycles. The summed E-state index contributed by atoms with van der Waals surface area (Å²) in [5.74, 6) is 2.71. The van der Waals surface area contributed by atoms with Crippen LogP contribution in [0.15, 0.2) is 6.07 Å². The van der Waals surface area contributed by atoms with Crippen LogP contribution in [-0.4, -0.2) is 35.6 Å². The van der Waals surface area contributed by atoms with Crippen molar-refractivity contribution in [1.29, 1.82) is 0 Å². The van der Waals surface area contributed by atoms with Gasteiger partial charge in [-0.1, -0.05) is 0 Å². The van der Waals surface area contributed by atoms with Crippen molar-refractivity contribution in [3.8, 4) is 0 Å². The van der Waals surface area contributed by atoms with Crippen molar-refractivity contribution in [3.05, 3.63) is 11.9 Å². The first-order valence-corrected chi connectivity index (χ1v) is 6.31. The van der Waals surface area contributed by atoms with Crippen molar-refractivity contribution in [3.63, 3.8) is 0 Å². The lowest BCUT2D eigenvalue weighted by atomic mass is 10.2. The van der Waals surface area contributed by atoms with E-state index >= 15 is 0 Å². The minimum atomic E-state index is 0.429. The minimum Gasteiger partial charge on any atom is -0.370 e. The van der Waals surface area contributed by atoms with Crippen molar-refractivity contribution in [1.82, 2.24) is 9.97 Å². The van der Waals surface area contributed by atoms with Crippen LogP contribution in [0.2, 0.25) is 0 Å². The third-order valence-corrected chi connectivity index (χ3v) is 3.13. The molecule has 1 unspecified atom stereocenters. The molecule has 0 aromatic carbocycles. The molecule has 1 aromatic rings. The van der Waals surface area contributed by atoms with E-state index in [9.17, 15) is 0 Å². The highest BCUT2D eigenvalue weighted by Crippen LogP contribution is 2.24. The van der Waals surface area contributed by atoms with E-state index < -0.39 is 0 Å². The Labute approximate surface area is 102 Å². The van der Waals surface area contributed by atoms with E-state index in [0.717, 1.165) is 37.0 Å². The van der Waals surface area contributed by atoms with Gasteiger partial charge in [0.15, 0.2) is 0 Å². The van der Waals surface area contributed by atoms with Gasteiger partial charge in [-0.05, 0) is 26.7 Å². The van der Waals surface area contributed by atoms with Crippen LogP contribution in [-0.2, 0) is 0 Å². The van der Waals surface area contributed by atoms with E-state index in [0.29, 0.717) is 12.6 Å². The molecule has 3 N–H and O–H groups in total. The average Bonchev–Trinajstić information content (AvgIpc) is 2.76. The van der Waals surface area contributed by atoms with Gasteiger partial charge in [-0.25, -0.2) is 9.97 Å². The zero-order valence-electron chi connectivity index (χ0n) is 10.6. The topological polar surface area (TPSA) is 67.1 Å². The highest BCUT2D eigenvalue weighted by molar-refractivity contribution is 5.50. The molecule has 0 radical (unpaired) electrons. The molecule has 1 aliphatic heterocycles. The van der Waals surface area contributed by atoms with Gasteiger partial charge in [0.05, 0.1) is 0 Å². The van der Waals surface area contributed by atoms with Crippen LogP contribution in [0.3, 0.4) is 0 Å². The first-order chi connectivity index (χ1) is 8.24. The number of nitrogens with one attached hydrogen (secondary N) is 1. The second kappa shape index (κ2) is 5.31. The summed E-state index contributed by atoms with van der Waals surface area (Å²) in [6.45, 7) is 6.60. The van der Waals surface area contributed by atoms with Crippen molar-refractivity contribution in [2.45, 2.75) is 32.7 Å². The molecule has 1 fully saturated rings. The van der Waals surface area contributed by atoms with Gasteiger partial charge < -0.3 is 16.0 Å². The van der Waals surface area contributed by atoms with Gasteiger partial charge in [0.2, 0.25) is 0 Å². The summed E-state index contributed by atoms with van der Waals surface area (Å²) in [7, 11) is 0. The predicted molar refractivity (Wildman–Crippen MR) is 70.4 cm³/mol. The smallest absolute Gasteiger partial charge is 0.134 e. The Balaban J connectivity index is 2.24. The first-order valence-electron chi connectivity index (χ1n) is 6.31. The molecular weight excluding hydrogens is 214 g/mol. The molecule has 2 heterocycles. The lowest BCUT2D eigenvalue weighted by Gasteiger charge is -2.25. The fraction of sp³-hybridized carbons (Fsp3) is 0.667. The maximum atomic E-state index is 5.80. The van der Waals surface area contributed by atoms with Gasteiger partial charge >= 0.3 is 0 Å². The summed E-state index contributed by atoms with van der Waals surface area (Å²) >= 11 is 0. The largest absolute Gasteiger partial charge is 0.370 e. The third-order valence-electron chi connectivity index (χ3n) is 3.13. The maximum absolute atomic E-state index is 5.80. The molecule has 5 nitrogen and oxygen atoms in total. The molecule has 2 rings (SSSR count). The molecule has 0 aliphatic carbocycles. The number of nitrogens with two attached hydrogens (primary N) is 1. The van der Waals surface area contributed by atoms with Crippen LogP contribution in [0.1, 0.15) is 25.6 Å². The summed E-state index contributed by atoms with van der Waals surface area (Å²) in [6, 6.07) is 2.45. The fourth-order valence-electron chi connectivity index (χ4n) is 2.35. The number of nitrogens with zero attached hydrogens (tertiary/aromatic N) is 3. The summed E-state index contributed by atoms with van der Waals surface area (Å²) < 4.78 is 0. The van der Waals surface area contributed by atoms with Crippen LogP contribution < -0.4 is 16.0 Å². The first kappa shape index (κ1) is 12.1. The van der Waals surface area contributed by atoms with Gasteiger partial charge in [0.1, 0.15) is 17.5 Å². The lowest BCUT2D eigenvalue weighted by molar-refractivity contribution is 0.670. The van der Waals surface area contributed by atoms with Gasteiger partial charge in [-0.3, -0.25) is 0 Å². The number of rotatable bonds is 4. The Kier molecular flexibility index (Phi) is 3.78. The molecule has 1 aromatic heterocycles. The lowest BCUT2D eigenvalue weighted by Crippen LogP contribution is -2.36. The zero-order valence-corrected chi connectivity index (χ0v) is 10.6.